The van der Waals surface area contributed by atoms with Crippen LogP contribution in [0.1, 0.15) is 32.1 Å². The van der Waals surface area contributed by atoms with E-state index in [9.17, 15) is 0 Å². The van der Waals surface area contributed by atoms with Crippen molar-refractivity contribution in [2.24, 2.45) is 5.92 Å². The molecule has 0 aromatic carbocycles. The highest BCUT2D eigenvalue weighted by Crippen LogP contribution is 2.14. The molecule has 1 atom stereocenters. The Hall–Kier alpha value is -0.120. The van der Waals surface area contributed by atoms with E-state index in [2.05, 4.69) is 22.4 Å². The van der Waals surface area contributed by atoms with Gasteiger partial charge in [0.05, 0.1) is 0 Å². The molecule has 3 heteroatoms. The van der Waals surface area contributed by atoms with Crippen LogP contribution in [-0.4, -0.2) is 49.7 Å². The number of nitrogens with zero attached hydrogens (tertiary/aromatic N) is 2. The van der Waals surface area contributed by atoms with E-state index in [4.69, 9.17) is 0 Å². The molecule has 2 heterocycles. The van der Waals surface area contributed by atoms with Crippen LogP contribution >= 0.6 is 0 Å². The Balaban J connectivity index is 1.63. The topological polar surface area (TPSA) is 18.5 Å². The fraction of sp³-hybridized carbons (Fsp3) is 1.00. The molecule has 88 valence electrons. The summed E-state index contributed by atoms with van der Waals surface area (Å²) < 4.78 is 0. The van der Waals surface area contributed by atoms with Gasteiger partial charge < -0.3 is 4.90 Å². The number of hydrazine groups is 1. The second-order valence-corrected chi connectivity index (χ2v) is 5.18. The molecule has 0 aliphatic carbocycles. The Kier molecular flexibility index (Phi) is 4.42. The Morgan fingerprint density at radius 3 is 2.60 bits per heavy atom. The number of rotatable bonds is 3. The quantitative estimate of drug-likeness (QED) is 0.759. The maximum atomic E-state index is 3.62. The van der Waals surface area contributed by atoms with Gasteiger partial charge in [0.25, 0.3) is 0 Å². The maximum Gasteiger partial charge on any atom is 0.0143 e. The number of likely N-dealkylation sites (tertiary alicyclic amines) is 1. The molecule has 0 bridgehead atoms. The lowest BCUT2D eigenvalue weighted by Gasteiger charge is -2.33. The maximum absolute atomic E-state index is 3.62. The first kappa shape index (κ1) is 11.4. The van der Waals surface area contributed by atoms with E-state index in [0.717, 1.165) is 5.92 Å². The molecule has 2 saturated heterocycles. The molecule has 0 saturated carbocycles. The van der Waals surface area contributed by atoms with Gasteiger partial charge in [-0.15, -0.1) is 0 Å². The Morgan fingerprint density at radius 1 is 1.07 bits per heavy atom. The second kappa shape index (κ2) is 5.83. The van der Waals surface area contributed by atoms with E-state index in [1.807, 2.05) is 0 Å². The van der Waals surface area contributed by atoms with Crippen molar-refractivity contribution in [2.75, 3.05) is 39.8 Å². The Labute approximate surface area is 93.8 Å². The van der Waals surface area contributed by atoms with E-state index in [0.29, 0.717) is 0 Å². The highest BCUT2D eigenvalue weighted by atomic mass is 15.5. The highest BCUT2D eigenvalue weighted by Gasteiger charge is 2.18. The number of nitrogens with one attached hydrogen (secondary N) is 1. The number of hydrogen-bond acceptors (Lipinski definition) is 3. The molecule has 0 aromatic heterocycles. The minimum absolute atomic E-state index is 0.866. The monoisotopic (exact) mass is 211 g/mol. The van der Waals surface area contributed by atoms with Crippen LogP contribution in [-0.2, 0) is 0 Å². The molecular formula is C12H25N3. The third-order valence-electron chi connectivity index (χ3n) is 3.68. The van der Waals surface area contributed by atoms with Crippen molar-refractivity contribution in [1.29, 1.82) is 0 Å². The van der Waals surface area contributed by atoms with Gasteiger partial charge in [-0.05, 0) is 45.2 Å². The summed E-state index contributed by atoms with van der Waals surface area (Å²) >= 11 is 0. The standard InChI is InChI=1S/C12H25N3/c1-14-7-5-6-12(11-14)10-13-15-8-3-2-4-9-15/h12-13H,2-11H2,1H3. The first-order valence-electron chi connectivity index (χ1n) is 6.51. The highest BCUT2D eigenvalue weighted by molar-refractivity contribution is 4.72. The Bertz CT molecular complexity index is 178. The van der Waals surface area contributed by atoms with Crippen molar-refractivity contribution < 1.29 is 0 Å². The summed E-state index contributed by atoms with van der Waals surface area (Å²) in [5, 5.41) is 2.43. The molecule has 1 unspecified atom stereocenters. The van der Waals surface area contributed by atoms with Gasteiger partial charge in [0, 0.05) is 26.2 Å². The van der Waals surface area contributed by atoms with Crippen molar-refractivity contribution in [2.45, 2.75) is 32.1 Å². The molecule has 0 amide bonds. The van der Waals surface area contributed by atoms with E-state index >= 15 is 0 Å². The lowest BCUT2D eigenvalue weighted by molar-refractivity contribution is 0.122. The molecule has 2 fully saturated rings. The van der Waals surface area contributed by atoms with Crippen LogP contribution in [0.4, 0.5) is 0 Å². The van der Waals surface area contributed by atoms with Gasteiger partial charge in [-0.1, -0.05) is 6.42 Å². The van der Waals surface area contributed by atoms with Crippen LogP contribution in [0.3, 0.4) is 0 Å². The molecule has 1 N–H and O–H groups in total. The summed E-state index contributed by atoms with van der Waals surface area (Å²) in [6, 6.07) is 0. The summed E-state index contributed by atoms with van der Waals surface area (Å²) in [6.45, 7) is 6.26. The third-order valence-corrected chi connectivity index (χ3v) is 3.68. The predicted molar refractivity (Wildman–Crippen MR) is 63.6 cm³/mol. The summed E-state index contributed by atoms with van der Waals surface area (Å²) in [5.74, 6) is 0.866. The summed E-state index contributed by atoms with van der Waals surface area (Å²) in [4.78, 5) is 2.46. The van der Waals surface area contributed by atoms with Crippen molar-refractivity contribution >= 4 is 0 Å². The summed E-state index contributed by atoms with van der Waals surface area (Å²) in [7, 11) is 2.24. The molecular weight excluding hydrogens is 186 g/mol. The fourth-order valence-electron chi connectivity index (χ4n) is 2.75. The van der Waals surface area contributed by atoms with E-state index in [-0.39, 0.29) is 0 Å². The fourth-order valence-corrected chi connectivity index (χ4v) is 2.75. The van der Waals surface area contributed by atoms with E-state index in [1.54, 1.807) is 0 Å². The molecule has 2 aliphatic rings. The molecule has 0 spiro atoms. The molecule has 3 nitrogen and oxygen atoms in total. The average Bonchev–Trinajstić information content (AvgIpc) is 2.28. The second-order valence-electron chi connectivity index (χ2n) is 5.18. The van der Waals surface area contributed by atoms with Crippen LogP contribution in [0.25, 0.3) is 0 Å². The van der Waals surface area contributed by atoms with Gasteiger partial charge >= 0.3 is 0 Å². The number of hydrogen-bond donors (Lipinski definition) is 1. The predicted octanol–water partition coefficient (Wildman–Crippen LogP) is 1.32. The summed E-state index contributed by atoms with van der Waals surface area (Å²) in [5.41, 5.74) is 3.62. The minimum atomic E-state index is 0.866. The largest absolute Gasteiger partial charge is 0.306 e. The molecule has 0 radical (unpaired) electrons. The first-order chi connectivity index (χ1) is 7.34. The van der Waals surface area contributed by atoms with Crippen molar-refractivity contribution in [1.82, 2.24) is 15.3 Å². The van der Waals surface area contributed by atoms with Gasteiger partial charge in [0.15, 0.2) is 0 Å². The smallest absolute Gasteiger partial charge is 0.0143 e. The van der Waals surface area contributed by atoms with Crippen LogP contribution in [0, 0.1) is 5.92 Å². The zero-order valence-corrected chi connectivity index (χ0v) is 10.0. The van der Waals surface area contributed by atoms with Crippen molar-refractivity contribution in [3.63, 3.8) is 0 Å². The zero-order valence-electron chi connectivity index (χ0n) is 10.0. The normalized spacial score (nSPS) is 30.6. The first-order valence-corrected chi connectivity index (χ1v) is 6.51. The van der Waals surface area contributed by atoms with Gasteiger partial charge in [-0.3, -0.25) is 5.43 Å². The lowest BCUT2D eigenvalue weighted by atomic mass is 9.99. The Morgan fingerprint density at radius 2 is 1.87 bits per heavy atom. The molecule has 15 heavy (non-hydrogen) atoms. The van der Waals surface area contributed by atoms with Gasteiger partial charge in [-0.2, -0.15) is 0 Å². The lowest BCUT2D eigenvalue weighted by Crippen LogP contribution is -2.46. The molecule has 2 aliphatic heterocycles. The zero-order chi connectivity index (χ0) is 10.5. The molecule has 0 aromatic rings. The molecule has 2 rings (SSSR count). The van der Waals surface area contributed by atoms with Crippen LogP contribution in [0.15, 0.2) is 0 Å². The van der Waals surface area contributed by atoms with Crippen molar-refractivity contribution in [3.05, 3.63) is 0 Å². The van der Waals surface area contributed by atoms with Crippen molar-refractivity contribution in [3.8, 4) is 0 Å². The average molecular weight is 211 g/mol. The van der Waals surface area contributed by atoms with Crippen LogP contribution < -0.4 is 5.43 Å². The van der Waals surface area contributed by atoms with Gasteiger partial charge in [0.2, 0.25) is 0 Å². The minimum Gasteiger partial charge on any atom is -0.306 e. The van der Waals surface area contributed by atoms with Gasteiger partial charge in [-0.25, -0.2) is 5.01 Å². The van der Waals surface area contributed by atoms with Gasteiger partial charge in [0.1, 0.15) is 0 Å². The SMILES string of the molecule is CN1CCCC(CNN2CCCCC2)C1. The third kappa shape index (κ3) is 3.74. The van der Waals surface area contributed by atoms with Crippen LogP contribution in [0.5, 0.6) is 0 Å². The van der Waals surface area contributed by atoms with E-state index < -0.39 is 0 Å². The number of piperidine rings is 2. The van der Waals surface area contributed by atoms with E-state index in [1.165, 1.54) is 64.8 Å². The summed E-state index contributed by atoms with van der Waals surface area (Å²) in [6.07, 6.45) is 6.95. The van der Waals surface area contributed by atoms with Crippen LogP contribution in [0.2, 0.25) is 0 Å².